The molecule has 5 heteroatoms. The predicted molar refractivity (Wildman–Crippen MR) is 85.0 cm³/mol. The molecule has 2 aliphatic rings. The van der Waals surface area contributed by atoms with Crippen molar-refractivity contribution in [2.75, 3.05) is 0 Å². The van der Waals surface area contributed by atoms with Crippen molar-refractivity contribution in [2.24, 2.45) is 17.3 Å². The molecule has 1 saturated carbocycles. The molecular weight excluding hydrogens is 276 g/mol. The summed E-state index contributed by atoms with van der Waals surface area (Å²) in [5, 5.41) is 11.5. The van der Waals surface area contributed by atoms with Crippen LogP contribution in [0.15, 0.2) is 11.6 Å². The van der Waals surface area contributed by atoms with Gasteiger partial charge in [0.25, 0.3) is 0 Å². The number of fused-ring (bicyclic) bond motifs is 1. The van der Waals surface area contributed by atoms with E-state index in [-0.39, 0.29) is 17.2 Å². The van der Waals surface area contributed by atoms with Gasteiger partial charge in [0.1, 0.15) is 5.82 Å². The Balaban J connectivity index is 1.62. The summed E-state index contributed by atoms with van der Waals surface area (Å²) in [4.78, 5) is 12.5. The maximum Gasteiger partial charge on any atom is 0.224 e. The third kappa shape index (κ3) is 2.69. The number of amides is 1. The molecule has 1 N–H and O–H groups in total. The van der Waals surface area contributed by atoms with Gasteiger partial charge in [0.05, 0.1) is 12.5 Å². The van der Waals surface area contributed by atoms with Gasteiger partial charge in [-0.1, -0.05) is 25.5 Å². The normalized spacial score (nSPS) is 25.3. The van der Waals surface area contributed by atoms with Crippen molar-refractivity contribution < 1.29 is 4.79 Å². The van der Waals surface area contributed by atoms with Gasteiger partial charge < -0.3 is 9.88 Å². The molecular formula is C17H26N4O. The van der Waals surface area contributed by atoms with Crippen molar-refractivity contribution in [2.45, 2.75) is 60.0 Å². The Morgan fingerprint density at radius 1 is 1.36 bits per heavy atom. The molecule has 1 aromatic rings. The largest absolute Gasteiger partial charge is 0.349 e. The van der Waals surface area contributed by atoms with Gasteiger partial charge in [-0.15, -0.1) is 10.2 Å². The lowest BCUT2D eigenvalue weighted by Crippen LogP contribution is -2.28. The van der Waals surface area contributed by atoms with E-state index in [1.165, 1.54) is 18.4 Å². The first-order valence-electron chi connectivity index (χ1n) is 8.25. The van der Waals surface area contributed by atoms with Crippen LogP contribution in [0.25, 0.3) is 0 Å². The number of carbonyl (C=O) groups is 1. The number of aromatic nitrogens is 3. The zero-order chi connectivity index (χ0) is 15.9. The van der Waals surface area contributed by atoms with Gasteiger partial charge in [-0.25, -0.2) is 0 Å². The van der Waals surface area contributed by atoms with Gasteiger partial charge in [-0.05, 0) is 38.0 Å². The van der Waals surface area contributed by atoms with Crippen molar-refractivity contribution in [3.05, 3.63) is 23.3 Å². The van der Waals surface area contributed by atoms with Crippen molar-refractivity contribution in [1.29, 1.82) is 0 Å². The maximum atomic E-state index is 12.5. The fourth-order valence-electron chi connectivity index (χ4n) is 3.62. The minimum Gasteiger partial charge on any atom is -0.349 e. The number of rotatable bonds is 4. The lowest BCUT2D eigenvalue weighted by Gasteiger charge is -2.15. The lowest BCUT2D eigenvalue weighted by atomic mass is 10.1. The van der Waals surface area contributed by atoms with Gasteiger partial charge in [-0.3, -0.25) is 4.79 Å². The van der Waals surface area contributed by atoms with Crippen LogP contribution >= 0.6 is 0 Å². The van der Waals surface area contributed by atoms with Crippen LogP contribution in [0.4, 0.5) is 0 Å². The minimum atomic E-state index is 0.0611. The first kappa shape index (κ1) is 15.3. The molecule has 2 atom stereocenters. The van der Waals surface area contributed by atoms with Crippen LogP contribution in [0.5, 0.6) is 0 Å². The molecule has 0 bridgehead atoms. The van der Waals surface area contributed by atoms with E-state index in [1.54, 1.807) is 0 Å². The second-order valence-corrected chi connectivity index (χ2v) is 7.43. The van der Waals surface area contributed by atoms with Gasteiger partial charge in [0.2, 0.25) is 5.91 Å². The van der Waals surface area contributed by atoms with E-state index in [0.29, 0.717) is 12.5 Å². The Morgan fingerprint density at radius 3 is 2.86 bits per heavy atom. The van der Waals surface area contributed by atoms with Gasteiger partial charge in [0, 0.05) is 13.0 Å². The SMILES string of the molecule is CC(C)=C[C@H]1[C@H](C(=O)NCc2nnc3n2CCCC3)C1(C)C. The second kappa shape index (κ2) is 5.52. The third-order valence-corrected chi connectivity index (χ3v) is 5.06. The highest BCUT2D eigenvalue weighted by Gasteiger charge is 2.60. The third-order valence-electron chi connectivity index (χ3n) is 5.06. The van der Waals surface area contributed by atoms with E-state index >= 15 is 0 Å². The van der Waals surface area contributed by atoms with E-state index in [2.05, 4.69) is 53.9 Å². The smallest absolute Gasteiger partial charge is 0.224 e. The first-order valence-corrected chi connectivity index (χ1v) is 8.25. The molecule has 1 aliphatic carbocycles. The van der Waals surface area contributed by atoms with Crippen LogP contribution in [-0.2, 0) is 24.3 Å². The molecule has 0 spiro atoms. The highest BCUT2D eigenvalue weighted by Crippen LogP contribution is 2.59. The van der Waals surface area contributed by atoms with Crippen molar-refractivity contribution in [3.8, 4) is 0 Å². The molecule has 3 rings (SSSR count). The standard InChI is InChI=1S/C17H26N4O/c1-11(2)9-12-15(17(12,3)4)16(22)18-10-14-20-19-13-7-5-6-8-21(13)14/h9,12,15H,5-8,10H2,1-4H3,(H,18,22)/t12-,15+/m0/s1. The molecule has 0 saturated heterocycles. The van der Waals surface area contributed by atoms with Crippen LogP contribution in [-0.4, -0.2) is 20.7 Å². The Kier molecular flexibility index (Phi) is 3.83. The molecule has 1 aliphatic heterocycles. The fraction of sp³-hybridized carbons (Fsp3) is 0.706. The molecule has 1 fully saturated rings. The summed E-state index contributed by atoms with van der Waals surface area (Å²) in [6.07, 6.45) is 5.58. The number of hydrogen-bond acceptors (Lipinski definition) is 3. The van der Waals surface area contributed by atoms with E-state index in [1.807, 2.05) is 0 Å². The molecule has 5 nitrogen and oxygen atoms in total. The number of carbonyl (C=O) groups excluding carboxylic acids is 1. The van der Waals surface area contributed by atoms with Crippen molar-refractivity contribution >= 4 is 5.91 Å². The Morgan fingerprint density at radius 2 is 2.14 bits per heavy atom. The van der Waals surface area contributed by atoms with Crippen LogP contribution in [0, 0.1) is 17.3 Å². The fourth-order valence-corrected chi connectivity index (χ4v) is 3.62. The zero-order valence-electron chi connectivity index (χ0n) is 14.0. The Bertz CT molecular complexity index is 610. The van der Waals surface area contributed by atoms with Crippen LogP contribution in [0.2, 0.25) is 0 Å². The molecule has 2 heterocycles. The predicted octanol–water partition coefficient (Wildman–Crippen LogP) is 2.47. The summed E-state index contributed by atoms with van der Waals surface area (Å²) in [6, 6.07) is 0. The average molecular weight is 302 g/mol. The molecule has 1 aromatic heterocycles. The highest BCUT2D eigenvalue weighted by molar-refractivity contribution is 5.83. The summed E-state index contributed by atoms with van der Waals surface area (Å²) < 4.78 is 2.16. The van der Waals surface area contributed by atoms with Crippen LogP contribution in [0.3, 0.4) is 0 Å². The number of nitrogens with zero attached hydrogens (tertiary/aromatic N) is 3. The van der Waals surface area contributed by atoms with E-state index in [4.69, 9.17) is 0 Å². The Hall–Kier alpha value is -1.65. The van der Waals surface area contributed by atoms with E-state index in [9.17, 15) is 4.79 Å². The maximum absolute atomic E-state index is 12.5. The van der Waals surface area contributed by atoms with Gasteiger partial charge >= 0.3 is 0 Å². The molecule has 0 unspecified atom stereocenters. The zero-order valence-corrected chi connectivity index (χ0v) is 14.0. The van der Waals surface area contributed by atoms with E-state index < -0.39 is 0 Å². The van der Waals surface area contributed by atoms with E-state index in [0.717, 1.165) is 24.6 Å². The monoisotopic (exact) mass is 302 g/mol. The molecule has 120 valence electrons. The number of allylic oxidation sites excluding steroid dienone is 2. The summed E-state index contributed by atoms with van der Waals surface area (Å²) >= 11 is 0. The van der Waals surface area contributed by atoms with Crippen LogP contribution in [0.1, 0.15) is 52.2 Å². The summed E-state index contributed by atoms with van der Waals surface area (Å²) in [5.41, 5.74) is 1.34. The topological polar surface area (TPSA) is 59.8 Å². The molecule has 0 radical (unpaired) electrons. The lowest BCUT2D eigenvalue weighted by molar-refractivity contribution is -0.123. The number of hydrogen-bond donors (Lipinski definition) is 1. The number of nitrogens with one attached hydrogen (secondary N) is 1. The van der Waals surface area contributed by atoms with Gasteiger partial charge in [0.15, 0.2) is 5.82 Å². The molecule has 0 aromatic carbocycles. The average Bonchev–Trinajstić information content (AvgIpc) is 2.83. The number of aryl methyl sites for hydroxylation is 1. The van der Waals surface area contributed by atoms with Crippen molar-refractivity contribution in [1.82, 2.24) is 20.1 Å². The van der Waals surface area contributed by atoms with Crippen molar-refractivity contribution in [3.63, 3.8) is 0 Å². The quantitative estimate of drug-likeness (QED) is 0.869. The highest BCUT2D eigenvalue weighted by atomic mass is 16.2. The summed E-state index contributed by atoms with van der Waals surface area (Å²) in [5.74, 6) is 2.52. The molecule has 22 heavy (non-hydrogen) atoms. The minimum absolute atomic E-state index is 0.0611. The summed E-state index contributed by atoms with van der Waals surface area (Å²) in [7, 11) is 0. The van der Waals surface area contributed by atoms with Gasteiger partial charge in [-0.2, -0.15) is 0 Å². The van der Waals surface area contributed by atoms with Crippen LogP contribution < -0.4 is 5.32 Å². The molecule has 1 amide bonds. The first-order chi connectivity index (χ1) is 10.4. The summed E-state index contributed by atoms with van der Waals surface area (Å²) in [6.45, 7) is 9.97. The second-order valence-electron chi connectivity index (χ2n) is 7.43. The Labute approximate surface area is 132 Å².